The first kappa shape index (κ1) is 17.1. The molecule has 0 bridgehead atoms. The van der Waals surface area contributed by atoms with Crippen molar-refractivity contribution in [3.63, 3.8) is 0 Å². The van der Waals surface area contributed by atoms with Gasteiger partial charge in [-0.25, -0.2) is 0 Å². The molecule has 0 atom stereocenters. The van der Waals surface area contributed by atoms with Gasteiger partial charge in [-0.3, -0.25) is 29.0 Å². The zero-order valence-corrected chi connectivity index (χ0v) is 15.1. The van der Waals surface area contributed by atoms with Crippen LogP contribution in [0.4, 0.5) is 0 Å². The van der Waals surface area contributed by atoms with Crippen LogP contribution in [-0.2, 0) is 0 Å². The van der Waals surface area contributed by atoms with Crippen molar-refractivity contribution in [3.05, 3.63) is 70.8 Å². The molecular weight excluding hydrogens is 344 g/mol. The minimum absolute atomic E-state index is 0.118. The van der Waals surface area contributed by atoms with Crippen molar-refractivity contribution >= 4 is 23.6 Å². The van der Waals surface area contributed by atoms with Gasteiger partial charge in [0.15, 0.2) is 0 Å². The maximum Gasteiger partial charge on any atom is 0.261 e. The summed E-state index contributed by atoms with van der Waals surface area (Å²) in [4.78, 5) is 52.7. The largest absolute Gasteiger partial charge is 0.274 e. The first-order valence-corrected chi connectivity index (χ1v) is 8.71. The van der Waals surface area contributed by atoms with Gasteiger partial charge in [0.1, 0.15) is 0 Å². The summed E-state index contributed by atoms with van der Waals surface area (Å²) < 4.78 is 0. The highest BCUT2D eigenvalue weighted by Gasteiger charge is 2.42. The van der Waals surface area contributed by atoms with E-state index in [9.17, 15) is 19.2 Å². The number of carbonyl (C=O) groups excluding carboxylic acids is 4. The lowest BCUT2D eigenvalue weighted by atomic mass is 9.92. The second-order valence-corrected chi connectivity index (χ2v) is 7.65. The Morgan fingerprint density at radius 3 is 1.11 bits per heavy atom. The summed E-state index contributed by atoms with van der Waals surface area (Å²) in [5, 5.41) is 0. The number of amides is 4. The molecular formula is C21H18N2O4. The fourth-order valence-corrected chi connectivity index (χ4v) is 3.67. The normalized spacial score (nSPS) is 16.2. The highest BCUT2D eigenvalue weighted by atomic mass is 16.2. The molecule has 0 unspecified atom stereocenters. The molecule has 27 heavy (non-hydrogen) atoms. The summed E-state index contributed by atoms with van der Waals surface area (Å²) in [6, 6.07) is 13.4. The fourth-order valence-electron chi connectivity index (χ4n) is 3.67. The Bertz CT molecular complexity index is 859. The summed E-state index contributed by atoms with van der Waals surface area (Å²) in [5.41, 5.74) is 0.900. The van der Waals surface area contributed by atoms with Gasteiger partial charge in [-0.2, -0.15) is 0 Å². The van der Waals surface area contributed by atoms with Crippen molar-refractivity contribution in [1.29, 1.82) is 0 Å². The van der Waals surface area contributed by atoms with Crippen LogP contribution in [0.25, 0.3) is 0 Å². The van der Waals surface area contributed by atoms with Crippen LogP contribution in [0.15, 0.2) is 48.5 Å². The van der Waals surface area contributed by atoms with Crippen molar-refractivity contribution in [1.82, 2.24) is 9.80 Å². The highest BCUT2D eigenvalue weighted by Crippen LogP contribution is 2.30. The van der Waals surface area contributed by atoms with Crippen molar-refractivity contribution in [2.24, 2.45) is 5.41 Å². The third kappa shape index (κ3) is 2.65. The molecule has 0 fully saturated rings. The van der Waals surface area contributed by atoms with E-state index in [2.05, 4.69) is 0 Å². The lowest BCUT2D eigenvalue weighted by molar-refractivity contribution is 0.0503. The summed E-state index contributed by atoms with van der Waals surface area (Å²) in [5.74, 6) is -1.37. The smallest absolute Gasteiger partial charge is 0.261 e. The molecule has 4 rings (SSSR count). The molecule has 2 aromatic rings. The molecule has 6 nitrogen and oxygen atoms in total. The number of benzene rings is 2. The predicted octanol–water partition coefficient (Wildman–Crippen LogP) is 2.61. The number of carbonyl (C=O) groups is 4. The highest BCUT2D eigenvalue weighted by molar-refractivity contribution is 6.22. The zero-order valence-electron chi connectivity index (χ0n) is 15.1. The van der Waals surface area contributed by atoms with Gasteiger partial charge in [-0.1, -0.05) is 38.1 Å². The van der Waals surface area contributed by atoms with E-state index in [1.54, 1.807) is 48.5 Å². The van der Waals surface area contributed by atoms with E-state index in [0.29, 0.717) is 22.3 Å². The Balaban J connectivity index is 1.54. The molecule has 0 saturated carbocycles. The fraction of sp³-hybridized carbons (Fsp3) is 0.238. The Labute approximate surface area is 156 Å². The van der Waals surface area contributed by atoms with Crippen LogP contribution in [0.5, 0.6) is 0 Å². The van der Waals surface area contributed by atoms with E-state index in [1.165, 1.54) is 9.80 Å². The third-order valence-corrected chi connectivity index (χ3v) is 4.93. The van der Waals surface area contributed by atoms with Crippen LogP contribution in [0.1, 0.15) is 55.3 Å². The lowest BCUT2D eigenvalue weighted by Gasteiger charge is -2.32. The molecule has 0 aromatic heterocycles. The quantitative estimate of drug-likeness (QED) is 0.784. The number of hydrogen-bond donors (Lipinski definition) is 0. The lowest BCUT2D eigenvalue weighted by Crippen LogP contribution is -2.46. The van der Waals surface area contributed by atoms with Crippen LogP contribution in [0.2, 0.25) is 0 Å². The van der Waals surface area contributed by atoms with Gasteiger partial charge < -0.3 is 0 Å². The maximum atomic E-state index is 12.6. The number of hydrogen-bond acceptors (Lipinski definition) is 4. The maximum absolute atomic E-state index is 12.6. The molecule has 0 saturated heterocycles. The van der Waals surface area contributed by atoms with Gasteiger partial charge in [-0.15, -0.1) is 0 Å². The minimum Gasteiger partial charge on any atom is -0.274 e. The summed E-state index contributed by atoms with van der Waals surface area (Å²) >= 11 is 0. The van der Waals surface area contributed by atoms with Crippen molar-refractivity contribution < 1.29 is 19.2 Å². The molecule has 2 aliphatic rings. The van der Waals surface area contributed by atoms with E-state index < -0.39 is 5.41 Å². The molecule has 6 heteroatoms. The molecule has 0 spiro atoms. The number of rotatable bonds is 4. The van der Waals surface area contributed by atoms with Crippen LogP contribution in [0.3, 0.4) is 0 Å². The second kappa shape index (κ2) is 5.87. The summed E-state index contributed by atoms with van der Waals surface area (Å²) in [6.45, 7) is 3.90. The first-order chi connectivity index (χ1) is 12.8. The zero-order chi connectivity index (χ0) is 19.3. The number of imide groups is 2. The monoisotopic (exact) mass is 362 g/mol. The van der Waals surface area contributed by atoms with E-state index in [0.717, 1.165) is 0 Å². The van der Waals surface area contributed by atoms with Crippen molar-refractivity contribution in [3.8, 4) is 0 Å². The van der Waals surface area contributed by atoms with E-state index in [-0.39, 0.29) is 36.7 Å². The Morgan fingerprint density at radius 1 is 0.593 bits per heavy atom. The van der Waals surface area contributed by atoms with Crippen molar-refractivity contribution in [2.75, 3.05) is 13.1 Å². The van der Waals surface area contributed by atoms with Gasteiger partial charge in [0.25, 0.3) is 23.6 Å². The standard InChI is InChI=1S/C21H18N2O4/c1-21(2,11-22-17(24)13-7-3-4-8-14(13)18(22)25)12-23-19(26)15-9-5-6-10-16(15)20(23)27/h3-10H,11-12H2,1-2H3. The minimum atomic E-state index is -0.652. The number of nitrogens with zero attached hydrogens (tertiary/aromatic N) is 2. The van der Waals surface area contributed by atoms with Crippen LogP contribution < -0.4 is 0 Å². The Kier molecular flexibility index (Phi) is 3.73. The first-order valence-electron chi connectivity index (χ1n) is 8.71. The topological polar surface area (TPSA) is 74.8 Å². The average molecular weight is 362 g/mol. The molecule has 2 aromatic carbocycles. The van der Waals surface area contributed by atoms with Crippen LogP contribution in [0, 0.1) is 5.41 Å². The predicted molar refractivity (Wildman–Crippen MR) is 97.4 cm³/mol. The molecule has 4 amide bonds. The third-order valence-electron chi connectivity index (χ3n) is 4.93. The van der Waals surface area contributed by atoms with Gasteiger partial charge in [0.05, 0.1) is 22.3 Å². The van der Waals surface area contributed by atoms with Gasteiger partial charge >= 0.3 is 0 Å². The number of fused-ring (bicyclic) bond motifs is 2. The molecule has 2 aliphatic heterocycles. The molecule has 0 aliphatic carbocycles. The van der Waals surface area contributed by atoms with Crippen LogP contribution in [-0.4, -0.2) is 46.5 Å². The van der Waals surface area contributed by atoms with Crippen molar-refractivity contribution in [2.45, 2.75) is 13.8 Å². The van der Waals surface area contributed by atoms with Gasteiger partial charge in [0, 0.05) is 18.5 Å². The summed E-state index contributed by atoms with van der Waals surface area (Å²) in [7, 11) is 0. The summed E-state index contributed by atoms with van der Waals surface area (Å²) in [6.07, 6.45) is 0. The second-order valence-electron chi connectivity index (χ2n) is 7.65. The van der Waals surface area contributed by atoms with Crippen LogP contribution >= 0.6 is 0 Å². The molecule has 136 valence electrons. The Morgan fingerprint density at radius 2 is 0.852 bits per heavy atom. The molecule has 0 radical (unpaired) electrons. The Hall–Kier alpha value is -3.28. The van der Waals surface area contributed by atoms with E-state index in [4.69, 9.17) is 0 Å². The molecule has 2 heterocycles. The van der Waals surface area contributed by atoms with E-state index >= 15 is 0 Å². The van der Waals surface area contributed by atoms with Gasteiger partial charge in [0.2, 0.25) is 0 Å². The SMILES string of the molecule is CC(C)(CN1C(=O)c2ccccc2C1=O)CN1C(=O)c2ccccc2C1=O. The van der Waals surface area contributed by atoms with Gasteiger partial charge in [-0.05, 0) is 24.3 Å². The average Bonchev–Trinajstić information content (AvgIpc) is 3.03. The van der Waals surface area contributed by atoms with E-state index in [1.807, 2.05) is 13.8 Å². The molecule has 0 N–H and O–H groups in total.